The highest BCUT2D eigenvalue weighted by atomic mass is 32.1. The lowest BCUT2D eigenvalue weighted by Crippen LogP contribution is -2.49. The van der Waals surface area contributed by atoms with Gasteiger partial charge < -0.3 is 9.47 Å². The Morgan fingerprint density at radius 3 is 2.59 bits per heavy atom. The average molecular weight is 261 g/mol. The van der Waals surface area contributed by atoms with Crippen molar-refractivity contribution in [3.63, 3.8) is 0 Å². The highest BCUT2D eigenvalue weighted by Gasteiger charge is 2.45. The Hall–Kier alpha value is -0.420. The Morgan fingerprint density at radius 1 is 1.53 bits per heavy atom. The van der Waals surface area contributed by atoms with E-state index in [9.17, 15) is 4.79 Å². The van der Waals surface area contributed by atoms with E-state index in [0.29, 0.717) is 6.61 Å². The molecule has 0 aromatic carbocycles. The fourth-order valence-corrected chi connectivity index (χ4v) is 2.22. The van der Waals surface area contributed by atoms with Crippen LogP contribution in [0.3, 0.4) is 0 Å². The molecule has 4 nitrogen and oxygen atoms in total. The van der Waals surface area contributed by atoms with E-state index in [0.717, 1.165) is 12.2 Å². The number of nitrogens with zero attached hydrogens (tertiary/aromatic N) is 1. The summed E-state index contributed by atoms with van der Waals surface area (Å²) < 4.78 is 11.1. The van der Waals surface area contributed by atoms with Gasteiger partial charge in [0.1, 0.15) is 11.3 Å². The van der Waals surface area contributed by atoms with E-state index in [1.54, 1.807) is 4.90 Å². The number of amides is 1. The van der Waals surface area contributed by atoms with Crippen LogP contribution >= 0.6 is 12.6 Å². The number of carbonyl (C=O) groups is 1. The molecule has 1 rings (SSSR count). The molecule has 0 N–H and O–H groups in total. The van der Waals surface area contributed by atoms with Crippen LogP contribution in [0.2, 0.25) is 0 Å². The van der Waals surface area contributed by atoms with Gasteiger partial charge in [-0.1, -0.05) is 0 Å². The molecular formula is C12H23NO3S. The van der Waals surface area contributed by atoms with Crippen molar-refractivity contribution in [3.8, 4) is 0 Å². The second-order valence-electron chi connectivity index (χ2n) is 5.77. The molecule has 1 amide bonds. The Balaban J connectivity index is 2.79. The SMILES string of the molecule is CC(C)(C)OC(=O)N1C(CCS)COC1(C)C. The van der Waals surface area contributed by atoms with Gasteiger partial charge in [0.05, 0.1) is 12.6 Å². The van der Waals surface area contributed by atoms with E-state index in [1.165, 1.54) is 0 Å². The lowest BCUT2D eigenvalue weighted by molar-refractivity contribution is -0.0624. The molecule has 0 spiro atoms. The standard InChI is InChI=1S/C12H23NO3S/c1-11(2,3)16-10(14)13-9(6-7-17)8-15-12(13,4)5/h9,17H,6-8H2,1-5H3. The number of thiol groups is 1. The Labute approximate surface area is 109 Å². The van der Waals surface area contributed by atoms with Gasteiger partial charge in [0.15, 0.2) is 0 Å². The normalized spacial score (nSPS) is 23.9. The van der Waals surface area contributed by atoms with Gasteiger partial charge in [-0.15, -0.1) is 0 Å². The molecule has 1 atom stereocenters. The molecule has 0 saturated carbocycles. The van der Waals surface area contributed by atoms with E-state index in [2.05, 4.69) is 12.6 Å². The second-order valence-corrected chi connectivity index (χ2v) is 6.22. The Bertz CT molecular complexity index is 286. The van der Waals surface area contributed by atoms with E-state index in [4.69, 9.17) is 9.47 Å². The largest absolute Gasteiger partial charge is 0.444 e. The number of hydrogen-bond donors (Lipinski definition) is 1. The van der Waals surface area contributed by atoms with Crippen LogP contribution in [0.1, 0.15) is 41.0 Å². The third-order valence-corrected chi connectivity index (χ3v) is 2.88. The Kier molecular flexibility index (Phi) is 4.36. The first-order valence-electron chi connectivity index (χ1n) is 5.94. The van der Waals surface area contributed by atoms with Gasteiger partial charge in [-0.3, -0.25) is 4.90 Å². The maximum absolute atomic E-state index is 12.2. The Morgan fingerprint density at radius 2 is 2.12 bits per heavy atom. The van der Waals surface area contributed by atoms with E-state index in [1.807, 2.05) is 34.6 Å². The molecule has 1 aliphatic heterocycles. The van der Waals surface area contributed by atoms with Crippen molar-refractivity contribution < 1.29 is 14.3 Å². The fourth-order valence-electron chi connectivity index (χ4n) is 1.93. The summed E-state index contributed by atoms with van der Waals surface area (Å²) in [5.41, 5.74) is -1.09. The monoisotopic (exact) mass is 261 g/mol. The molecule has 1 saturated heterocycles. The van der Waals surface area contributed by atoms with Gasteiger partial charge in [-0.25, -0.2) is 4.79 Å². The van der Waals surface area contributed by atoms with Crippen LogP contribution in [0.15, 0.2) is 0 Å². The first-order chi connectivity index (χ1) is 7.67. The number of rotatable bonds is 2. The molecule has 0 aliphatic carbocycles. The van der Waals surface area contributed by atoms with Crippen LogP contribution in [-0.4, -0.2) is 40.7 Å². The second kappa shape index (κ2) is 5.06. The molecule has 1 aliphatic rings. The molecular weight excluding hydrogens is 238 g/mol. The fraction of sp³-hybridized carbons (Fsp3) is 0.917. The highest BCUT2D eigenvalue weighted by Crippen LogP contribution is 2.30. The minimum absolute atomic E-state index is 0.0531. The molecule has 0 bridgehead atoms. The summed E-state index contributed by atoms with van der Waals surface area (Å²) in [6.45, 7) is 9.91. The topological polar surface area (TPSA) is 38.8 Å². The third-order valence-electron chi connectivity index (χ3n) is 2.63. The molecule has 5 heteroatoms. The first-order valence-corrected chi connectivity index (χ1v) is 6.58. The zero-order valence-corrected chi connectivity index (χ0v) is 12.2. The molecule has 1 unspecified atom stereocenters. The van der Waals surface area contributed by atoms with E-state index < -0.39 is 11.3 Å². The minimum atomic E-state index is -0.601. The van der Waals surface area contributed by atoms with Crippen molar-refractivity contribution in [3.05, 3.63) is 0 Å². The summed E-state index contributed by atoms with van der Waals surface area (Å²) in [6.07, 6.45) is 0.498. The van der Waals surface area contributed by atoms with Gasteiger partial charge in [-0.05, 0) is 46.8 Å². The summed E-state index contributed by atoms with van der Waals surface area (Å²) in [4.78, 5) is 13.8. The van der Waals surface area contributed by atoms with Gasteiger partial charge in [0, 0.05) is 0 Å². The summed E-state index contributed by atoms with van der Waals surface area (Å²) in [5, 5.41) is 0. The first kappa shape index (κ1) is 14.6. The van der Waals surface area contributed by atoms with Gasteiger partial charge >= 0.3 is 6.09 Å². The average Bonchev–Trinajstić information content (AvgIpc) is 2.39. The van der Waals surface area contributed by atoms with Crippen molar-refractivity contribution in [1.29, 1.82) is 0 Å². The molecule has 0 aromatic rings. The minimum Gasteiger partial charge on any atom is -0.444 e. The summed E-state index contributed by atoms with van der Waals surface area (Å²) >= 11 is 4.21. The molecule has 1 fully saturated rings. The maximum Gasteiger partial charge on any atom is 0.412 e. The van der Waals surface area contributed by atoms with Crippen LogP contribution in [0.25, 0.3) is 0 Å². The number of ether oxygens (including phenoxy) is 2. The molecule has 17 heavy (non-hydrogen) atoms. The van der Waals surface area contributed by atoms with Gasteiger partial charge in [0.2, 0.25) is 0 Å². The van der Waals surface area contributed by atoms with Crippen LogP contribution < -0.4 is 0 Å². The molecule has 0 radical (unpaired) electrons. The maximum atomic E-state index is 12.2. The highest BCUT2D eigenvalue weighted by molar-refractivity contribution is 7.80. The van der Waals surface area contributed by atoms with Crippen molar-refractivity contribution in [2.45, 2.75) is 58.4 Å². The summed E-state index contributed by atoms with van der Waals surface area (Å²) in [6, 6.07) is 0.0531. The van der Waals surface area contributed by atoms with Crippen LogP contribution in [-0.2, 0) is 9.47 Å². The van der Waals surface area contributed by atoms with E-state index >= 15 is 0 Å². The lowest BCUT2D eigenvalue weighted by Gasteiger charge is -2.35. The van der Waals surface area contributed by atoms with Crippen LogP contribution in [0.4, 0.5) is 4.79 Å². The van der Waals surface area contributed by atoms with Crippen LogP contribution in [0, 0.1) is 0 Å². The zero-order valence-electron chi connectivity index (χ0n) is 11.3. The smallest absolute Gasteiger partial charge is 0.412 e. The molecule has 1 heterocycles. The zero-order chi connectivity index (χ0) is 13.3. The van der Waals surface area contributed by atoms with Crippen molar-refractivity contribution in [1.82, 2.24) is 4.90 Å². The van der Waals surface area contributed by atoms with Gasteiger partial charge in [0.25, 0.3) is 0 Å². The summed E-state index contributed by atoms with van der Waals surface area (Å²) in [5.74, 6) is 0.726. The van der Waals surface area contributed by atoms with Crippen molar-refractivity contribution in [2.24, 2.45) is 0 Å². The van der Waals surface area contributed by atoms with Gasteiger partial charge in [-0.2, -0.15) is 12.6 Å². The predicted molar refractivity (Wildman–Crippen MR) is 70.4 cm³/mol. The third kappa shape index (κ3) is 3.78. The number of hydrogen-bond acceptors (Lipinski definition) is 4. The summed E-state index contributed by atoms with van der Waals surface area (Å²) in [7, 11) is 0. The molecule has 0 aromatic heterocycles. The van der Waals surface area contributed by atoms with Crippen molar-refractivity contribution in [2.75, 3.05) is 12.4 Å². The predicted octanol–water partition coefficient (Wildman–Crippen LogP) is 2.68. The number of carbonyl (C=O) groups excluding carboxylic acids is 1. The lowest BCUT2D eigenvalue weighted by atomic mass is 10.1. The molecule has 100 valence electrons. The van der Waals surface area contributed by atoms with Crippen molar-refractivity contribution >= 4 is 18.7 Å². The van der Waals surface area contributed by atoms with Crippen LogP contribution in [0.5, 0.6) is 0 Å². The van der Waals surface area contributed by atoms with E-state index in [-0.39, 0.29) is 12.1 Å². The quantitative estimate of drug-likeness (QED) is 0.777.